The van der Waals surface area contributed by atoms with Gasteiger partial charge in [-0.1, -0.05) is 0 Å². The highest BCUT2D eigenvalue weighted by molar-refractivity contribution is 5.83. The van der Waals surface area contributed by atoms with E-state index in [-0.39, 0.29) is 11.7 Å². The minimum Gasteiger partial charge on any atom is -0.464 e. The molecule has 0 aliphatic heterocycles. The van der Waals surface area contributed by atoms with Gasteiger partial charge < -0.3 is 10.1 Å². The fourth-order valence-corrected chi connectivity index (χ4v) is 1.39. The quantitative estimate of drug-likeness (QED) is 0.494. The monoisotopic (exact) mass is 252 g/mol. The summed E-state index contributed by atoms with van der Waals surface area (Å²) >= 11 is 0. The van der Waals surface area contributed by atoms with Gasteiger partial charge in [-0.25, -0.2) is 4.79 Å². The number of carbonyl (C=O) groups excluding carboxylic acids is 1. The van der Waals surface area contributed by atoms with Crippen molar-refractivity contribution in [3.8, 4) is 0 Å². The molecule has 1 N–H and O–H groups in total. The summed E-state index contributed by atoms with van der Waals surface area (Å²) in [7, 11) is 0. The lowest BCUT2D eigenvalue weighted by Gasteiger charge is -2.24. The number of anilines is 1. The zero-order valence-corrected chi connectivity index (χ0v) is 10.6. The van der Waals surface area contributed by atoms with E-state index in [1.54, 1.807) is 32.9 Å². The number of nitro groups is 1. The topological polar surface area (TPSA) is 81.5 Å². The predicted molar refractivity (Wildman–Crippen MR) is 67.4 cm³/mol. The molecule has 1 rings (SSSR count). The van der Waals surface area contributed by atoms with Gasteiger partial charge >= 0.3 is 5.97 Å². The Hall–Kier alpha value is -2.11. The van der Waals surface area contributed by atoms with E-state index in [0.29, 0.717) is 12.3 Å². The van der Waals surface area contributed by atoms with Crippen LogP contribution in [0, 0.1) is 10.1 Å². The second-order valence-corrected chi connectivity index (χ2v) is 4.27. The zero-order chi connectivity index (χ0) is 13.8. The van der Waals surface area contributed by atoms with Crippen LogP contribution < -0.4 is 5.32 Å². The number of nitrogens with zero attached hydrogens (tertiary/aromatic N) is 1. The number of hydrogen-bond donors (Lipinski definition) is 1. The molecule has 0 saturated carbocycles. The summed E-state index contributed by atoms with van der Waals surface area (Å²) < 4.78 is 4.93. The number of carbonyl (C=O) groups is 1. The molecule has 0 aromatic heterocycles. The fourth-order valence-electron chi connectivity index (χ4n) is 1.39. The first-order chi connectivity index (χ1) is 8.36. The molecule has 18 heavy (non-hydrogen) atoms. The zero-order valence-electron chi connectivity index (χ0n) is 10.6. The fraction of sp³-hybridized carbons (Fsp3) is 0.417. The third-order valence-corrected chi connectivity index (χ3v) is 2.32. The van der Waals surface area contributed by atoms with Gasteiger partial charge in [-0.3, -0.25) is 10.1 Å². The lowest BCUT2D eigenvalue weighted by molar-refractivity contribution is -0.384. The minimum absolute atomic E-state index is 0.00879. The molecule has 0 unspecified atom stereocenters. The molecule has 0 saturated heterocycles. The molecule has 0 radical (unpaired) electrons. The van der Waals surface area contributed by atoms with E-state index in [1.807, 2.05) is 0 Å². The van der Waals surface area contributed by atoms with Crippen molar-refractivity contribution in [2.45, 2.75) is 26.3 Å². The molecule has 0 amide bonds. The largest absolute Gasteiger partial charge is 0.464 e. The Kier molecular flexibility index (Phi) is 4.25. The Morgan fingerprint density at radius 2 is 1.94 bits per heavy atom. The van der Waals surface area contributed by atoms with Crippen molar-refractivity contribution >= 4 is 17.3 Å². The van der Waals surface area contributed by atoms with Crippen LogP contribution in [0.1, 0.15) is 20.8 Å². The Bertz CT molecular complexity index is 440. The number of ether oxygens (including phenoxy) is 1. The number of hydrogen-bond acceptors (Lipinski definition) is 5. The van der Waals surface area contributed by atoms with Crippen molar-refractivity contribution in [2.75, 3.05) is 11.9 Å². The van der Waals surface area contributed by atoms with Crippen LogP contribution in [0.25, 0.3) is 0 Å². The van der Waals surface area contributed by atoms with E-state index in [0.717, 1.165) is 0 Å². The van der Waals surface area contributed by atoms with Crippen LogP contribution in [0.4, 0.5) is 11.4 Å². The van der Waals surface area contributed by atoms with E-state index < -0.39 is 10.5 Å². The molecule has 0 fully saturated rings. The average Bonchev–Trinajstić information content (AvgIpc) is 2.29. The predicted octanol–water partition coefficient (Wildman–Crippen LogP) is 2.35. The van der Waals surface area contributed by atoms with Crippen LogP contribution in [0.15, 0.2) is 24.3 Å². The highest BCUT2D eigenvalue weighted by atomic mass is 16.6. The number of non-ortho nitro benzene ring substituents is 1. The molecule has 6 nitrogen and oxygen atoms in total. The van der Waals surface area contributed by atoms with Gasteiger partial charge in [-0.05, 0) is 32.9 Å². The SMILES string of the molecule is CCOC(=O)C(C)(C)Nc1ccc([N+](=O)[O-])cc1. The standard InChI is InChI=1S/C12H16N2O4/c1-4-18-11(15)12(2,3)13-9-5-7-10(8-6-9)14(16)17/h5-8,13H,4H2,1-3H3. The molecule has 0 aliphatic rings. The number of nitro benzene ring substituents is 1. The van der Waals surface area contributed by atoms with Crippen molar-refractivity contribution < 1.29 is 14.5 Å². The Labute approximate surface area is 105 Å². The van der Waals surface area contributed by atoms with Crippen LogP contribution in [0.3, 0.4) is 0 Å². The third-order valence-electron chi connectivity index (χ3n) is 2.32. The maximum absolute atomic E-state index is 11.7. The normalized spacial score (nSPS) is 10.8. The second-order valence-electron chi connectivity index (χ2n) is 4.27. The van der Waals surface area contributed by atoms with Gasteiger partial charge in [0.25, 0.3) is 5.69 Å². The first-order valence-corrected chi connectivity index (χ1v) is 5.56. The summed E-state index contributed by atoms with van der Waals surface area (Å²) in [6, 6.07) is 5.87. The van der Waals surface area contributed by atoms with Gasteiger partial charge in [0.2, 0.25) is 0 Å². The molecule has 1 aromatic carbocycles. The Balaban J connectivity index is 2.78. The summed E-state index contributed by atoms with van der Waals surface area (Å²) in [5.41, 5.74) is -0.250. The van der Waals surface area contributed by atoms with Crippen molar-refractivity contribution in [3.05, 3.63) is 34.4 Å². The molecule has 0 heterocycles. The summed E-state index contributed by atoms with van der Waals surface area (Å²) in [4.78, 5) is 21.7. The lowest BCUT2D eigenvalue weighted by atomic mass is 10.1. The van der Waals surface area contributed by atoms with Crippen LogP contribution in [0.5, 0.6) is 0 Å². The van der Waals surface area contributed by atoms with Crippen molar-refractivity contribution in [3.63, 3.8) is 0 Å². The van der Waals surface area contributed by atoms with Gasteiger partial charge in [-0.15, -0.1) is 0 Å². The molecule has 98 valence electrons. The highest BCUT2D eigenvalue weighted by Gasteiger charge is 2.28. The molecule has 0 aliphatic carbocycles. The van der Waals surface area contributed by atoms with E-state index >= 15 is 0 Å². The van der Waals surface area contributed by atoms with Gasteiger partial charge in [0, 0.05) is 17.8 Å². The third kappa shape index (κ3) is 3.44. The molecular weight excluding hydrogens is 236 g/mol. The summed E-state index contributed by atoms with van der Waals surface area (Å²) in [6.45, 7) is 5.42. The molecular formula is C12H16N2O4. The van der Waals surface area contributed by atoms with Crippen LogP contribution in [0.2, 0.25) is 0 Å². The van der Waals surface area contributed by atoms with E-state index in [9.17, 15) is 14.9 Å². The summed E-state index contributed by atoms with van der Waals surface area (Å²) in [5, 5.41) is 13.5. The van der Waals surface area contributed by atoms with E-state index in [4.69, 9.17) is 4.74 Å². The van der Waals surface area contributed by atoms with E-state index in [2.05, 4.69) is 5.32 Å². The molecule has 0 bridgehead atoms. The van der Waals surface area contributed by atoms with Crippen LogP contribution in [-0.2, 0) is 9.53 Å². The number of nitrogens with one attached hydrogen (secondary N) is 1. The number of rotatable bonds is 5. The second kappa shape index (κ2) is 5.48. The molecule has 0 spiro atoms. The Morgan fingerprint density at radius 3 is 2.39 bits per heavy atom. The molecule has 6 heteroatoms. The van der Waals surface area contributed by atoms with Crippen LogP contribution >= 0.6 is 0 Å². The van der Waals surface area contributed by atoms with Crippen molar-refractivity contribution in [1.82, 2.24) is 0 Å². The number of esters is 1. The smallest absolute Gasteiger partial charge is 0.331 e. The van der Waals surface area contributed by atoms with Crippen molar-refractivity contribution in [2.24, 2.45) is 0 Å². The first kappa shape index (κ1) is 14.0. The van der Waals surface area contributed by atoms with Crippen LogP contribution in [-0.4, -0.2) is 23.0 Å². The first-order valence-electron chi connectivity index (χ1n) is 5.56. The van der Waals surface area contributed by atoms with E-state index in [1.165, 1.54) is 12.1 Å². The van der Waals surface area contributed by atoms with Gasteiger partial charge in [0.15, 0.2) is 0 Å². The lowest BCUT2D eigenvalue weighted by Crippen LogP contribution is -2.41. The number of benzene rings is 1. The summed E-state index contributed by atoms with van der Waals surface area (Å²) in [5.74, 6) is -0.372. The van der Waals surface area contributed by atoms with Gasteiger partial charge in [-0.2, -0.15) is 0 Å². The maximum Gasteiger partial charge on any atom is 0.331 e. The van der Waals surface area contributed by atoms with Gasteiger partial charge in [0.05, 0.1) is 11.5 Å². The highest BCUT2D eigenvalue weighted by Crippen LogP contribution is 2.20. The Morgan fingerprint density at radius 1 is 1.39 bits per heavy atom. The molecule has 0 atom stereocenters. The van der Waals surface area contributed by atoms with Crippen molar-refractivity contribution in [1.29, 1.82) is 0 Å². The summed E-state index contributed by atoms with van der Waals surface area (Å²) in [6.07, 6.45) is 0. The minimum atomic E-state index is -0.883. The van der Waals surface area contributed by atoms with Gasteiger partial charge in [0.1, 0.15) is 5.54 Å². The maximum atomic E-state index is 11.7. The molecule has 1 aromatic rings. The average molecular weight is 252 g/mol.